The molecule has 1 rings (SSSR count). The fraction of sp³-hybridized carbons (Fsp3) is 0.636. The number of likely N-dealkylation sites (tertiary alicyclic amines) is 1. The van der Waals surface area contributed by atoms with E-state index >= 15 is 0 Å². The van der Waals surface area contributed by atoms with Crippen LogP contribution in [0.4, 0.5) is 0 Å². The standard InChI is InChI=1S/C22H37N9O10/c23-5-13(33)9-7-31(18(39)12(27)8-32)22(19(40)41,17(38)11(26)4-15(35)36)21(9,14(34)6-24)16(37)10(25)2-1-3-30-20(28)29/h9-12,32H,1-8,23-27H2,(H,35,36)(H,40,41)(H4,28,29,30). The maximum atomic E-state index is 14.2. The molecule has 19 heteroatoms. The highest BCUT2D eigenvalue weighted by molar-refractivity contribution is 6.28. The molecule has 1 aliphatic rings. The Balaban J connectivity index is 4.25. The zero-order valence-electron chi connectivity index (χ0n) is 22.1. The molecule has 19 nitrogen and oxygen atoms in total. The van der Waals surface area contributed by atoms with Gasteiger partial charge in [0.2, 0.25) is 11.4 Å². The topological polar surface area (TPSA) is 378 Å². The lowest BCUT2D eigenvalue weighted by Gasteiger charge is -2.46. The summed E-state index contributed by atoms with van der Waals surface area (Å²) in [5, 5.41) is 29.4. The number of nitrogens with two attached hydrogens (primary N) is 7. The summed E-state index contributed by atoms with van der Waals surface area (Å²) >= 11 is 0. The van der Waals surface area contributed by atoms with E-state index in [1.807, 2.05) is 0 Å². The molecule has 6 unspecified atom stereocenters. The van der Waals surface area contributed by atoms with Gasteiger partial charge in [-0.1, -0.05) is 0 Å². The number of Topliss-reactive ketones (excluding diaryl/α,β-unsaturated/α-hetero) is 4. The van der Waals surface area contributed by atoms with E-state index < -0.39 is 109 Å². The molecule has 0 radical (unpaired) electrons. The Bertz CT molecular complexity index is 1110. The summed E-state index contributed by atoms with van der Waals surface area (Å²) in [7, 11) is 0. The Kier molecular flexibility index (Phi) is 12.1. The average molecular weight is 588 g/mol. The Labute approximate surface area is 233 Å². The van der Waals surface area contributed by atoms with Crippen LogP contribution >= 0.6 is 0 Å². The molecule has 1 saturated heterocycles. The fourth-order valence-corrected chi connectivity index (χ4v) is 5.19. The minimum absolute atomic E-state index is 0.00220. The van der Waals surface area contributed by atoms with Crippen molar-refractivity contribution in [1.29, 1.82) is 0 Å². The number of carboxylic acids is 2. The summed E-state index contributed by atoms with van der Waals surface area (Å²) in [6, 6.07) is -5.90. The molecular weight excluding hydrogens is 550 g/mol. The van der Waals surface area contributed by atoms with Gasteiger partial charge < -0.3 is 60.4 Å². The Hall–Kier alpha value is -3.88. The Morgan fingerprint density at radius 3 is 1.93 bits per heavy atom. The highest BCUT2D eigenvalue weighted by Crippen LogP contribution is 2.53. The molecule has 1 amide bonds. The summed E-state index contributed by atoms with van der Waals surface area (Å²) < 4.78 is 0. The Morgan fingerprint density at radius 1 is 0.902 bits per heavy atom. The van der Waals surface area contributed by atoms with Crippen LogP contribution in [-0.4, -0.2) is 124 Å². The van der Waals surface area contributed by atoms with Crippen LogP contribution in [0.15, 0.2) is 4.99 Å². The molecule has 0 aromatic carbocycles. The lowest BCUT2D eigenvalue weighted by molar-refractivity contribution is -0.177. The molecule has 0 aromatic heterocycles. The van der Waals surface area contributed by atoms with Crippen molar-refractivity contribution in [2.24, 2.45) is 56.5 Å². The highest BCUT2D eigenvalue weighted by Gasteiger charge is 2.80. The summed E-state index contributed by atoms with van der Waals surface area (Å²) in [4.78, 5) is 97.1. The summed E-state index contributed by atoms with van der Waals surface area (Å²) in [6.07, 6.45) is -1.52. The van der Waals surface area contributed by atoms with Crippen molar-refractivity contribution in [2.45, 2.75) is 42.9 Å². The second kappa shape index (κ2) is 14.1. The van der Waals surface area contributed by atoms with Crippen molar-refractivity contribution < 1.29 is 48.9 Å². The van der Waals surface area contributed by atoms with Crippen LogP contribution in [0.2, 0.25) is 0 Å². The van der Waals surface area contributed by atoms with E-state index in [2.05, 4.69) is 4.99 Å². The molecule has 1 aliphatic heterocycles. The van der Waals surface area contributed by atoms with Gasteiger partial charge in [-0.05, 0) is 12.8 Å². The summed E-state index contributed by atoms with van der Waals surface area (Å²) in [6.45, 7) is -4.26. The number of aliphatic hydroxyl groups excluding tert-OH is 1. The molecular formula is C22H37N9O10. The minimum atomic E-state index is -3.66. The van der Waals surface area contributed by atoms with E-state index in [1.165, 1.54) is 0 Å². The van der Waals surface area contributed by atoms with Crippen molar-refractivity contribution in [1.82, 2.24) is 4.90 Å². The van der Waals surface area contributed by atoms with Gasteiger partial charge in [0.15, 0.2) is 29.1 Å². The zero-order chi connectivity index (χ0) is 31.9. The summed E-state index contributed by atoms with van der Waals surface area (Å²) in [5.74, 6) is -13.8. The normalized spacial score (nSPS) is 24.1. The first-order valence-corrected chi connectivity index (χ1v) is 12.3. The van der Waals surface area contributed by atoms with E-state index in [0.717, 1.165) is 0 Å². The van der Waals surface area contributed by atoms with E-state index in [0.29, 0.717) is 0 Å². The maximum absolute atomic E-state index is 14.2. The first kappa shape index (κ1) is 35.1. The van der Waals surface area contributed by atoms with Crippen molar-refractivity contribution in [3.63, 3.8) is 0 Å². The number of nitrogens with zero attached hydrogens (tertiary/aromatic N) is 2. The SMILES string of the molecule is NCC(=O)C1CN(C(=O)C(N)CO)C(C(=O)O)(C(=O)C(N)CC(=O)O)C1(C(=O)CN)C(=O)C(N)CCCN=C(N)N. The van der Waals surface area contributed by atoms with Crippen LogP contribution in [-0.2, 0) is 33.6 Å². The van der Waals surface area contributed by atoms with Gasteiger partial charge in [-0.25, -0.2) is 4.79 Å². The number of carboxylic acid groups (broad SMARTS) is 2. The third-order valence-electron chi connectivity index (χ3n) is 6.95. The van der Waals surface area contributed by atoms with Gasteiger partial charge in [-0.3, -0.25) is 33.8 Å². The van der Waals surface area contributed by atoms with Crippen molar-refractivity contribution >= 4 is 46.9 Å². The molecule has 0 bridgehead atoms. The van der Waals surface area contributed by atoms with Crippen LogP contribution in [0.25, 0.3) is 0 Å². The molecule has 6 atom stereocenters. The first-order valence-electron chi connectivity index (χ1n) is 12.3. The van der Waals surface area contributed by atoms with Gasteiger partial charge in [-0.2, -0.15) is 0 Å². The molecule has 0 aliphatic carbocycles. The molecule has 0 aromatic rings. The second-order valence-corrected chi connectivity index (χ2v) is 9.40. The van der Waals surface area contributed by atoms with Crippen LogP contribution < -0.4 is 40.1 Å². The molecule has 1 fully saturated rings. The van der Waals surface area contributed by atoms with Gasteiger partial charge in [0.1, 0.15) is 11.5 Å². The fourth-order valence-electron chi connectivity index (χ4n) is 5.19. The van der Waals surface area contributed by atoms with Gasteiger partial charge in [0.05, 0.1) is 44.1 Å². The molecule has 1 heterocycles. The molecule has 230 valence electrons. The number of rotatable bonds is 17. The number of aliphatic hydroxyl groups is 1. The van der Waals surface area contributed by atoms with Crippen molar-refractivity contribution in [2.75, 3.05) is 32.8 Å². The number of hydrogen-bond donors (Lipinski definition) is 10. The average Bonchev–Trinajstić information content (AvgIpc) is 3.25. The monoisotopic (exact) mass is 587 g/mol. The number of carbonyl (C=O) groups excluding carboxylic acids is 5. The lowest BCUT2D eigenvalue weighted by atomic mass is 9.55. The molecule has 41 heavy (non-hydrogen) atoms. The van der Waals surface area contributed by atoms with Gasteiger partial charge in [0.25, 0.3) is 0 Å². The van der Waals surface area contributed by atoms with Gasteiger partial charge in [0, 0.05) is 13.1 Å². The number of aliphatic imine (C=N–C) groups is 1. The van der Waals surface area contributed by atoms with E-state index in [4.69, 9.17) is 40.1 Å². The van der Waals surface area contributed by atoms with Crippen LogP contribution in [0.5, 0.6) is 0 Å². The first-order chi connectivity index (χ1) is 19.0. The number of ketones is 4. The predicted octanol–water partition coefficient (Wildman–Crippen LogP) is -7.05. The van der Waals surface area contributed by atoms with Crippen LogP contribution in [0.3, 0.4) is 0 Å². The number of amides is 1. The van der Waals surface area contributed by atoms with Crippen LogP contribution in [0.1, 0.15) is 19.3 Å². The maximum Gasteiger partial charge on any atom is 0.339 e. The third-order valence-corrected chi connectivity index (χ3v) is 6.95. The van der Waals surface area contributed by atoms with Crippen LogP contribution in [0, 0.1) is 11.3 Å². The van der Waals surface area contributed by atoms with E-state index in [-0.39, 0.29) is 30.2 Å². The quantitative estimate of drug-likeness (QED) is 0.0327. The van der Waals surface area contributed by atoms with Crippen molar-refractivity contribution in [3.05, 3.63) is 0 Å². The highest BCUT2D eigenvalue weighted by atomic mass is 16.4. The zero-order valence-corrected chi connectivity index (χ0v) is 22.1. The van der Waals surface area contributed by atoms with Crippen molar-refractivity contribution in [3.8, 4) is 0 Å². The molecule has 0 spiro atoms. The molecule has 0 saturated carbocycles. The lowest BCUT2D eigenvalue weighted by Crippen LogP contribution is -2.76. The number of carbonyl (C=O) groups is 7. The van der Waals surface area contributed by atoms with Gasteiger partial charge >= 0.3 is 11.9 Å². The smallest absolute Gasteiger partial charge is 0.339 e. The number of aliphatic carboxylic acids is 2. The third kappa shape index (κ3) is 6.24. The predicted molar refractivity (Wildman–Crippen MR) is 139 cm³/mol. The number of hydrogen-bond acceptors (Lipinski definition) is 14. The molecule has 17 N–H and O–H groups in total. The summed E-state index contributed by atoms with van der Waals surface area (Å²) in [5.41, 5.74) is 32.1. The number of guanidine groups is 1. The second-order valence-electron chi connectivity index (χ2n) is 9.40. The Morgan fingerprint density at radius 2 is 1.49 bits per heavy atom. The van der Waals surface area contributed by atoms with E-state index in [1.54, 1.807) is 0 Å². The van der Waals surface area contributed by atoms with E-state index in [9.17, 15) is 48.9 Å². The minimum Gasteiger partial charge on any atom is -0.481 e. The largest absolute Gasteiger partial charge is 0.481 e. The van der Waals surface area contributed by atoms with Gasteiger partial charge in [-0.15, -0.1) is 0 Å².